The Morgan fingerprint density at radius 3 is 2.77 bits per heavy atom. The van der Waals surface area contributed by atoms with Gasteiger partial charge in [-0.05, 0) is 36.2 Å². The van der Waals surface area contributed by atoms with E-state index >= 15 is 0 Å². The van der Waals surface area contributed by atoms with E-state index in [0.717, 1.165) is 5.56 Å². The van der Waals surface area contributed by atoms with Crippen molar-refractivity contribution in [3.63, 3.8) is 0 Å². The van der Waals surface area contributed by atoms with Gasteiger partial charge in [-0.25, -0.2) is 0 Å². The van der Waals surface area contributed by atoms with Gasteiger partial charge < -0.3 is 10.6 Å². The molecule has 0 aliphatic rings. The highest BCUT2D eigenvalue weighted by molar-refractivity contribution is 6.35. The number of aromatic nitrogens is 3. The molecular weight excluding hydrogens is 371 g/mol. The van der Waals surface area contributed by atoms with Gasteiger partial charge in [0.25, 0.3) is 0 Å². The molecule has 0 spiro atoms. The van der Waals surface area contributed by atoms with E-state index in [1.54, 1.807) is 30.3 Å². The first-order chi connectivity index (χ1) is 12.7. The average molecular weight is 385 g/mol. The van der Waals surface area contributed by atoms with Crippen LogP contribution in [-0.4, -0.2) is 21.7 Å². The van der Waals surface area contributed by atoms with Crippen molar-refractivity contribution in [1.82, 2.24) is 15.2 Å². The third-order valence-electron chi connectivity index (χ3n) is 3.56. The summed E-state index contributed by atoms with van der Waals surface area (Å²) < 4.78 is 0. The van der Waals surface area contributed by atoms with Crippen LogP contribution in [0.15, 0.2) is 48.7 Å². The number of hydrogen-bond acceptors (Lipinski definition) is 6. The summed E-state index contributed by atoms with van der Waals surface area (Å²) in [5.41, 5.74) is 2.17. The predicted molar refractivity (Wildman–Crippen MR) is 103 cm³/mol. The van der Waals surface area contributed by atoms with Crippen molar-refractivity contribution in [2.75, 3.05) is 17.2 Å². The molecule has 8 heteroatoms. The highest BCUT2D eigenvalue weighted by atomic mass is 35.5. The molecule has 1 aromatic heterocycles. The Kier molecular flexibility index (Phi) is 5.84. The van der Waals surface area contributed by atoms with Crippen molar-refractivity contribution in [3.8, 4) is 6.07 Å². The lowest BCUT2D eigenvalue weighted by Gasteiger charge is -2.09. The van der Waals surface area contributed by atoms with Gasteiger partial charge in [0.15, 0.2) is 5.82 Å². The van der Waals surface area contributed by atoms with Gasteiger partial charge in [-0.15, -0.1) is 5.10 Å². The van der Waals surface area contributed by atoms with Crippen LogP contribution in [0.1, 0.15) is 11.1 Å². The summed E-state index contributed by atoms with van der Waals surface area (Å²) in [5.74, 6) is 0.879. The van der Waals surface area contributed by atoms with E-state index in [0.29, 0.717) is 46.0 Å². The molecule has 0 unspecified atom stereocenters. The van der Waals surface area contributed by atoms with Gasteiger partial charge in [-0.2, -0.15) is 15.3 Å². The first-order valence-electron chi connectivity index (χ1n) is 7.79. The molecule has 0 radical (unpaired) electrons. The summed E-state index contributed by atoms with van der Waals surface area (Å²) in [6, 6.07) is 14.7. The summed E-state index contributed by atoms with van der Waals surface area (Å²) in [6.07, 6.45) is 2.18. The Bertz CT molecular complexity index is 954. The van der Waals surface area contributed by atoms with Crippen molar-refractivity contribution in [2.24, 2.45) is 0 Å². The molecule has 1 heterocycles. The van der Waals surface area contributed by atoms with E-state index in [9.17, 15) is 0 Å². The summed E-state index contributed by atoms with van der Waals surface area (Å²) in [7, 11) is 0. The van der Waals surface area contributed by atoms with Gasteiger partial charge in [0, 0.05) is 16.6 Å². The highest BCUT2D eigenvalue weighted by Crippen LogP contribution is 2.21. The summed E-state index contributed by atoms with van der Waals surface area (Å²) >= 11 is 12.1. The van der Waals surface area contributed by atoms with Crippen molar-refractivity contribution < 1.29 is 0 Å². The second-order valence-corrected chi connectivity index (χ2v) is 6.20. The molecule has 26 heavy (non-hydrogen) atoms. The van der Waals surface area contributed by atoms with Crippen LogP contribution in [-0.2, 0) is 6.42 Å². The van der Waals surface area contributed by atoms with Crippen LogP contribution in [0.2, 0.25) is 10.0 Å². The Morgan fingerprint density at radius 1 is 1.12 bits per heavy atom. The topological polar surface area (TPSA) is 86.5 Å². The number of rotatable bonds is 6. The largest absolute Gasteiger partial charge is 0.353 e. The van der Waals surface area contributed by atoms with Crippen LogP contribution in [0.5, 0.6) is 0 Å². The standard InChI is InChI=1S/C18H14Cl2N6/c19-14-6-5-12(15(20)9-14)7-8-22-18-25-17(11-23-26-18)24-16-4-2-1-3-13(16)10-21/h1-6,9,11H,7-8H2,(H2,22,24,25,26). The monoisotopic (exact) mass is 384 g/mol. The Labute approximate surface area is 160 Å². The lowest BCUT2D eigenvalue weighted by molar-refractivity contribution is 0.929. The minimum absolute atomic E-state index is 0.384. The fraction of sp³-hybridized carbons (Fsp3) is 0.111. The van der Waals surface area contributed by atoms with Crippen LogP contribution in [0.4, 0.5) is 17.5 Å². The molecule has 0 aliphatic carbocycles. The van der Waals surface area contributed by atoms with Crippen LogP contribution >= 0.6 is 23.2 Å². The van der Waals surface area contributed by atoms with Crippen LogP contribution in [0.25, 0.3) is 0 Å². The second-order valence-electron chi connectivity index (χ2n) is 5.36. The van der Waals surface area contributed by atoms with E-state index in [-0.39, 0.29) is 0 Å². The Hall–Kier alpha value is -2.88. The first kappa shape index (κ1) is 17.9. The predicted octanol–water partition coefficient (Wildman–Crippen LogP) is 4.45. The normalized spacial score (nSPS) is 10.2. The molecule has 0 fully saturated rings. The number of nitrogens with one attached hydrogen (secondary N) is 2. The maximum Gasteiger partial charge on any atom is 0.244 e. The minimum atomic E-state index is 0.384. The highest BCUT2D eigenvalue weighted by Gasteiger charge is 2.05. The average Bonchev–Trinajstić information content (AvgIpc) is 2.64. The molecule has 6 nitrogen and oxygen atoms in total. The summed E-state index contributed by atoms with van der Waals surface area (Å²) in [6.45, 7) is 0.585. The Balaban J connectivity index is 1.63. The molecule has 0 atom stereocenters. The van der Waals surface area contributed by atoms with Crippen LogP contribution < -0.4 is 10.6 Å². The third-order valence-corrected chi connectivity index (χ3v) is 4.15. The fourth-order valence-corrected chi connectivity index (χ4v) is 2.80. The molecule has 0 saturated carbocycles. The molecular formula is C18H14Cl2N6. The zero-order valence-corrected chi connectivity index (χ0v) is 15.1. The number of anilines is 3. The molecule has 0 saturated heterocycles. The Morgan fingerprint density at radius 2 is 1.96 bits per heavy atom. The van der Waals surface area contributed by atoms with Gasteiger partial charge >= 0.3 is 0 Å². The molecule has 0 aliphatic heterocycles. The molecule has 130 valence electrons. The molecule has 3 aromatic rings. The van der Waals surface area contributed by atoms with Crippen LogP contribution in [0.3, 0.4) is 0 Å². The number of hydrogen-bond donors (Lipinski definition) is 2. The van der Waals surface area contributed by atoms with Gasteiger partial charge in [-0.3, -0.25) is 0 Å². The zero-order valence-electron chi connectivity index (χ0n) is 13.6. The van der Waals surface area contributed by atoms with Gasteiger partial charge in [-0.1, -0.05) is 41.4 Å². The lowest BCUT2D eigenvalue weighted by Crippen LogP contribution is -2.10. The molecule has 0 amide bonds. The smallest absolute Gasteiger partial charge is 0.244 e. The van der Waals surface area contributed by atoms with Crippen molar-refractivity contribution in [3.05, 3.63) is 69.8 Å². The van der Waals surface area contributed by atoms with Gasteiger partial charge in [0.05, 0.1) is 17.4 Å². The van der Waals surface area contributed by atoms with Gasteiger partial charge in [0.1, 0.15) is 6.07 Å². The maximum absolute atomic E-state index is 9.15. The maximum atomic E-state index is 9.15. The van der Waals surface area contributed by atoms with E-state index < -0.39 is 0 Å². The zero-order chi connectivity index (χ0) is 18.4. The number of nitrogens with zero attached hydrogens (tertiary/aromatic N) is 4. The number of para-hydroxylation sites is 1. The minimum Gasteiger partial charge on any atom is -0.353 e. The second kappa shape index (κ2) is 8.48. The van der Waals surface area contributed by atoms with Crippen molar-refractivity contribution >= 4 is 40.7 Å². The van der Waals surface area contributed by atoms with Crippen LogP contribution in [0, 0.1) is 11.3 Å². The van der Waals surface area contributed by atoms with Gasteiger partial charge in [0.2, 0.25) is 5.95 Å². The van der Waals surface area contributed by atoms with E-state index in [1.165, 1.54) is 6.20 Å². The first-order valence-corrected chi connectivity index (χ1v) is 8.55. The third kappa shape index (κ3) is 4.60. The lowest BCUT2D eigenvalue weighted by atomic mass is 10.1. The summed E-state index contributed by atoms with van der Waals surface area (Å²) in [5, 5.41) is 24.4. The number of halogens is 2. The molecule has 2 aromatic carbocycles. The van der Waals surface area contributed by atoms with Crippen molar-refractivity contribution in [1.29, 1.82) is 5.26 Å². The SMILES string of the molecule is N#Cc1ccccc1Nc1cnnc(NCCc2ccc(Cl)cc2Cl)n1. The van der Waals surface area contributed by atoms with E-state index in [2.05, 4.69) is 31.9 Å². The fourth-order valence-electron chi connectivity index (χ4n) is 2.30. The quantitative estimate of drug-likeness (QED) is 0.652. The molecule has 2 N–H and O–H groups in total. The van der Waals surface area contributed by atoms with E-state index in [1.807, 2.05) is 12.1 Å². The molecule has 0 bridgehead atoms. The number of benzene rings is 2. The number of nitriles is 1. The molecule has 3 rings (SSSR count). The summed E-state index contributed by atoms with van der Waals surface area (Å²) in [4.78, 5) is 4.35. The van der Waals surface area contributed by atoms with E-state index in [4.69, 9.17) is 28.5 Å². The van der Waals surface area contributed by atoms with Crippen molar-refractivity contribution in [2.45, 2.75) is 6.42 Å².